The monoisotopic (exact) mass is 252 g/mol. The second-order valence-corrected chi connectivity index (χ2v) is 5.13. The zero-order valence-electron chi connectivity index (χ0n) is 10.5. The molecule has 1 atom stereocenters. The molecule has 1 aliphatic rings. The number of hydrazine groups is 1. The van der Waals surface area contributed by atoms with Gasteiger partial charge in [0.1, 0.15) is 0 Å². The lowest BCUT2D eigenvalue weighted by molar-refractivity contribution is 0.126. The van der Waals surface area contributed by atoms with Gasteiger partial charge in [0.25, 0.3) is 0 Å². The van der Waals surface area contributed by atoms with Crippen molar-refractivity contribution in [1.82, 2.24) is 10.4 Å². The fourth-order valence-electron chi connectivity index (χ4n) is 2.37. The van der Waals surface area contributed by atoms with Crippen LogP contribution < -0.4 is 5.43 Å². The lowest BCUT2D eigenvalue weighted by atomic mass is 10.1. The van der Waals surface area contributed by atoms with E-state index in [2.05, 4.69) is 29.5 Å². The lowest BCUT2D eigenvalue weighted by Crippen LogP contribution is -2.43. The quantitative estimate of drug-likeness (QED) is 0.877. The molecule has 1 N–H and O–H groups in total. The highest BCUT2D eigenvalue weighted by Gasteiger charge is 2.15. The maximum absolute atomic E-state index is 6.05. The summed E-state index contributed by atoms with van der Waals surface area (Å²) in [5, 5.41) is 3.18. The van der Waals surface area contributed by atoms with Gasteiger partial charge in [-0.1, -0.05) is 37.1 Å². The first-order chi connectivity index (χ1) is 8.29. The molecule has 1 saturated heterocycles. The van der Waals surface area contributed by atoms with E-state index in [1.54, 1.807) is 0 Å². The highest BCUT2D eigenvalue weighted by Crippen LogP contribution is 2.21. The number of nitrogens with zero attached hydrogens (tertiary/aromatic N) is 1. The van der Waals surface area contributed by atoms with Gasteiger partial charge in [-0.05, 0) is 37.0 Å². The van der Waals surface area contributed by atoms with Gasteiger partial charge in [0, 0.05) is 24.2 Å². The molecule has 0 saturated carbocycles. The van der Waals surface area contributed by atoms with E-state index in [0.717, 1.165) is 24.5 Å². The first-order valence-corrected chi connectivity index (χ1v) is 6.94. The van der Waals surface area contributed by atoms with Gasteiger partial charge < -0.3 is 0 Å². The third kappa shape index (κ3) is 3.70. The SMILES string of the molecule is CCC(NN1CCCCC1)c1cccc(Cl)c1. The summed E-state index contributed by atoms with van der Waals surface area (Å²) in [4.78, 5) is 0. The smallest absolute Gasteiger partial charge is 0.0462 e. The van der Waals surface area contributed by atoms with Crippen molar-refractivity contribution in [1.29, 1.82) is 0 Å². The van der Waals surface area contributed by atoms with Crippen LogP contribution in [0.4, 0.5) is 0 Å². The van der Waals surface area contributed by atoms with Crippen molar-refractivity contribution in [3.05, 3.63) is 34.9 Å². The summed E-state index contributed by atoms with van der Waals surface area (Å²) in [5.41, 5.74) is 4.91. The zero-order chi connectivity index (χ0) is 12.1. The molecular weight excluding hydrogens is 232 g/mol. The van der Waals surface area contributed by atoms with E-state index in [9.17, 15) is 0 Å². The molecule has 1 aromatic carbocycles. The first kappa shape index (κ1) is 12.9. The van der Waals surface area contributed by atoms with Gasteiger partial charge in [0.2, 0.25) is 0 Å². The van der Waals surface area contributed by atoms with Crippen molar-refractivity contribution < 1.29 is 0 Å². The van der Waals surface area contributed by atoms with E-state index < -0.39 is 0 Å². The van der Waals surface area contributed by atoms with Crippen LogP contribution in [0.5, 0.6) is 0 Å². The van der Waals surface area contributed by atoms with E-state index >= 15 is 0 Å². The molecule has 1 aliphatic heterocycles. The molecule has 1 heterocycles. The third-order valence-corrected chi connectivity index (χ3v) is 3.59. The molecule has 1 fully saturated rings. The highest BCUT2D eigenvalue weighted by atomic mass is 35.5. The van der Waals surface area contributed by atoms with Crippen molar-refractivity contribution in [2.45, 2.75) is 38.6 Å². The van der Waals surface area contributed by atoms with Crippen LogP contribution in [0.1, 0.15) is 44.2 Å². The van der Waals surface area contributed by atoms with Gasteiger partial charge >= 0.3 is 0 Å². The van der Waals surface area contributed by atoms with E-state index in [0.29, 0.717) is 6.04 Å². The average molecular weight is 253 g/mol. The minimum absolute atomic E-state index is 0.381. The molecule has 1 aromatic rings. The number of nitrogens with one attached hydrogen (secondary N) is 1. The fraction of sp³-hybridized carbons (Fsp3) is 0.571. The fourth-order valence-corrected chi connectivity index (χ4v) is 2.57. The van der Waals surface area contributed by atoms with Crippen LogP contribution in [-0.4, -0.2) is 18.1 Å². The van der Waals surface area contributed by atoms with Crippen molar-refractivity contribution in [3.8, 4) is 0 Å². The summed E-state index contributed by atoms with van der Waals surface area (Å²) in [6.07, 6.45) is 5.06. The molecule has 3 heteroatoms. The standard InChI is InChI=1S/C14H21ClN2/c1-2-14(12-7-6-8-13(15)11-12)16-17-9-4-3-5-10-17/h6-8,11,14,16H,2-5,9-10H2,1H3. The van der Waals surface area contributed by atoms with Gasteiger partial charge in [0.15, 0.2) is 0 Å². The number of rotatable bonds is 4. The largest absolute Gasteiger partial charge is 0.248 e. The molecule has 0 aliphatic carbocycles. The van der Waals surface area contributed by atoms with E-state index in [1.165, 1.54) is 24.8 Å². The number of hydrogen-bond donors (Lipinski definition) is 1. The zero-order valence-corrected chi connectivity index (χ0v) is 11.2. The topological polar surface area (TPSA) is 15.3 Å². The summed E-state index contributed by atoms with van der Waals surface area (Å²) < 4.78 is 0. The number of benzene rings is 1. The van der Waals surface area contributed by atoms with Crippen molar-refractivity contribution in [3.63, 3.8) is 0 Å². The molecule has 0 amide bonds. The average Bonchev–Trinajstić information content (AvgIpc) is 2.37. The molecule has 0 bridgehead atoms. The van der Waals surface area contributed by atoms with Crippen molar-refractivity contribution >= 4 is 11.6 Å². The minimum Gasteiger partial charge on any atom is -0.248 e. The van der Waals surface area contributed by atoms with Crippen LogP contribution in [0.15, 0.2) is 24.3 Å². The Kier molecular flexibility index (Phi) is 4.84. The van der Waals surface area contributed by atoms with Crippen molar-refractivity contribution in [2.75, 3.05) is 13.1 Å². The number of piperidine rings is 1. The maximum Gasteiger partial charge on any atom is 0.0462 e. The molecule has 2 rings (SSSR count). The highest BCUT2D eigenvalue weighted by molar-refractivity contribution is 6.30. The lowest BCUT2D eigenvalue weighted by Gasteiger charge is -2.31. The Morgan fingerprint density at radius 2 is 2.06 bits per heavy atom. The Morgan fingerprint density at radius 1 is 1.29 bits per heavy atom. The molecule has 1 unspecified atom stereocenters. The Labute approximate surface area is 109 Å². The van der Waals surface area contributed by atoms with E-state index in [-0.39, 0.29) is 0 Å². The van der Waals surface area contributed by atoms with Crippen molar-refractivity contribution in [2.24, 2.45) is 0 Å². The van der Waals surface area contributed by atoms with Crippen LogP contribution in [0.3, 0.4) is 0 Å². The second kappa shape index (κ2) is 6.39. The van der Waals surface area contributed by atoms with Crippen LogP contribution >= 0.6 is 11.6 Å². The van der Waals surface area contributed by atoms with Crippen LogP contribution in [-0.2, 0) is 0 Å². The van der Waals surface area contributed by atoms with Crippen LogP contribution in [0, 0.1) is 0 Å². The second-order valence-electron chi connectivity index (χ2n) is 4.69. The summed E-state index contributed by atoms with van der Waals surface area (Å²) in [6, 6.07) is 8.55. The van der Waals surface area contributed by atoms with Gasteiger partial charge in [-0.15, -0.1) is 0 Å². The summed E-state index contributed by atoms with van der Waals surface area (Å²) in [5.74, 6) is 0. The third-order valence-electron chi connectivity index (χ3n) is 3.35. The number of halogens is 1. The molecule has 0 spiro atoms. The van der Waals surface area contributed by atoms with E-state index in [4.69, 9.17) is 11.6 Å². The van der Waals surface area contributed by atoms with E-state index in [1.807, 2.05) is 12.1 Å². The Bertz CT molecular complexity index is 348. The normalized spacial score (nSPS) is 19.2. The van der Waals surface area contributed by atoms with Crippen LogP contribution in [0.25, 0.3) is 0 Å². The summed E-state index contributed by atoms with van der Waals surface area (Å²) in [6.45, 7) is 4.54. The number of hydrogen-bond acceptors (Lipinski definition) is 2. The van der Waals surface area contributed by atoms with Gasteiger partial charge in [0.05, 0.1) is 0 Å². The molecule has 94 valence electrons. The Hall–Kier alpha value is -0.570. The summed E-state index contributed by atoms with van der Waals surface area (Å²) in [7, 11) is 0. The minimum atomic E-state index is 0.381. The molecular formula is C14H21ClN2. The maximum atomic E-state index is 6.05. The van der Waals surface area contributed by atoms with Crippen LogP contribution in [0.2, 0.25) is 5.02 Å². The summed E-state index contributed by atoms with van der Waals surface area (Å²) >= 11 is 6.05. The van der Waals surface area contributed by atoms with Gasteiger partial charge in [-0.2, -0.15) is 0 Å². The first-order valence-electron chi connectivity index (χ1n) is 6.56. The predicted octanol–water partition coefficient (Wildman–Crippen LogP) is 3.78. The Balaban J connectivity index is 2.00. The van der Waals surface area contributed by atoms with Gasteiger partial charge in [-0.3, -0.25) is 0 Å². The Morgan fingerprint density at radius 3 is 2.71 bits per heavy atom. The van der Waals surface area contributed by atoms with Gasteiger partial charge in [-0.25, -0.2) is 10.4 Å². The molecule has 2 nitrogen and oxygen atoms in total. The molecule has 17 heavy (non-hydrogen) atoms. The predicted molar refractivity (Wildman–Crippen MR) is 73.0 cm³/mol. The molecule has 0 radical (unpaired) electrons. The molecule has 0 aromatic heterocycles.